The minimum atomic E-state index is -4.36. The molecular weight excluding hydrogens is 397 g/mol. The third-order valence-corrected chi connectivity index (χ3v) is 4.43. The molecule has 1 aromatic heterocycles. The SMILES string of the molecule is COc1ccccc1Cn1c(Br)cnc1-c1ccc(C(F)(F)F)cc1. The third-order valence-electron chi connectivity index (χ3n) is 3.80. The van der Waals surface area contributed by atoms with E-state index >= 15 is 0 Å². The first-order valence-corrected chi connectivity index (χ1v) is 8.20. The van der Waals surface area contributed by atoms with Gasteiger partial charge in [-0.25, -0.2) is 4.98 Å². The standard InChI is InChI=1S/C18H14BrF3N2O/c1-25-15-5-3-2-4-13(15)11-24-16(19)10-23-17(24)12-6-8-14(9-7-12)18(20,21)22/h2-10H,11H2,1H3. The molecule has 1 heterocycles. The second-order valence-electron chi connectivity index (χ2n) is 5.38. The van der Waals surface area contributed by atoms with E-state index in [-0.39, 0.29) is 0 Å². The molecule has 0 bridgehead atoms. The summed E-state index contributed by atoms with van der Waals surface area (Å²) in [5.74, 6) is 1.31. The molecule has 7 heteroatoms. The van der Waals surface area contributed by atoms with Crippen LogP contribution in [0.1, 0.15) is 11.1 Å². The summed E-state index contributed by atoms with van der Waals surface area (Å²) in [6.45, 7) is 0.473. The largest absolute Gasteiger partial charge is 0.496 e. The Morgan fingerprint density at radius 2 is 1.76 bits per heavy atom. The number of aromatic nitrogens is 2. The average molecular weight is 411 g/mol. The zero-order valence-electron chi connectivity index (χ0n) is 13.2. The fraction of sp³-hybridized carbons (Fsp3) is 0.167. The highest BCUT2D eigenvalue weighted by atomic mass is 79.9. The van der Waals surface area contributed by atoms with Crippen LogP contribution in [-0.4, -0.2) is 16.7 Å². The van der Waals surface area contributed by atoms with Crippen molar-refractivity contribution in [2.24, 2.45) is 0 Å². The average Bonchev–Trinajstić information content (AvgIpc) is 2.95. The summed E-state index contributed by atoms with van der Waals surface area (Å²) in [6.07, 6.45) is -2.73. The first kappa shape index (κ1) is 17.5. The van der Waals surface area contributed by atoms with E-state index < -0.39 is 11.7 Å². The monoisotopic (exact) mass is 410 g/mol. The van der Waals surface area contributed by atoms with Crippen molar-refractivity contribution in [3.05, 3.63) is 70.5 Å². The van der Waals surface area contributed by atoms with Crippen LogP contribution < -0.4 is 4.74 Å². The van der Waals surface area contributed by atoms with Gasteiger partial charge in [-0.2, -0.15) is 13.2 Å². The van der Waals surface area contributed by atoms with Crippen LogP contribution in [-0.2, 0) is 12.7 Å². The van der Waals surface area contributed by atoms with Gasteiger partial charge in [-0.05, 0) is 34.1 Å². The van der Waals surface area contributed by atoms with Crippen molar-refractivity contribution >= 4 is 15.9 Å². The Morgan fingerprint density at radius 3 is 2.40 bits per heavy atom. The minimum Gasteiger partial charge on any atom is -0.496 e. The van der Waals surface area contributed by atoms with E-state index in [9.17, 15) is 13.2 Å². The number of hydrogen-bond donors (Lipinski definition) is 0. The van der Waals surface area contributed by atoms with E-state index in [1.54, 1.807) is 13.3 Å². The highest BCUT2D eigenvalue weighted by molar-refractivity contribution is 9.10. The molecule has 2 aromatic carbocycles. The molecule has 0 saturated carbocycles. The van der Waals surface area contributed by atoms with Crippen LogP contribution in [0.15, 0.2) is 59.3 Å². The Balaban J connectivity index is 1.97. The van der Waals surface area contributed by atoms with Gasteiger partial charge in [0, 0.05) is 11.1 Å². The number of ether oxygens (including phenoxy) is 1. The Morgan fingerprint density at radius 1 is 1.08 bits per heavy atom. The van der Waals surface area contributed by atoms with Crippen LogP contribution in [0.2, 0.25) is 0 Å². The molecule has 0 saturated heterocycles. The van der Waals surface area contributed by atoms with Gasteiger partial charge in [-0.1, -0.05) is 30.3 Å². The molecule has 0 aliphatic rings. The van der Waals surface area contributed by atoms with E-state index in [1.807, 2.05) is 28.8 Å². The minimum absolute atomic E-state index is 0.473. The molecule has 25 heavy (non-hydrogen) atoms. The van der Waals surface area contributed by atoms with Gasteiger partial charge in [-0.3, -0.25) is 0 Å². The van der Waals surface area contributed by atoms with Crippen molar-refractivity contribution in [1.29, 1.82) is 0 Å². The fourth-order valence-corrected chi connectivity index (χ4v) is 2.94. The zero-order valence-corrected chi connectivity index (χ0v) is 14.8. The van der Waals surface area contributed by atoms with Gasteiger partial charge in [0.25, 0.3) is 0 Å². The lowest BCUT2D eigenvalue weighted by Gasteiger charge is -2.13. The molecule has 0 aliphatic carbocycles. The van der Waals surface area contributed by atoms with Gasteiger partial charge in [0.2, 0.25) is 0 Å². The van der Waals surface area contributed by atoms with Crippen LogP contribution in [0, 0.1) is 0 Å². The smallest absolute Gasteiger partial charge is 0.416 e. The summed E-state index contributed by atoms with van der Waals surface area (Å²) in [6, 6.07) is 12.5. The van der Waals surface area contributed by atoms with Crippen LogP contribution in [0.3, 0.4) is 0 Å². The van der Waals surface area contributed by atoms with Crippen LogP contribution in [0.25, 0.3) is 11.4 Å². The number of rotatable bonds is 4. The summed E-state index contributed by atoms with van der Waals surface area (Å²) in [5, 5.41) is 0. The summed E-state index contributed by atoms with van der Waals surface area (Å²) < 4.78 is 46.2. The number of benzene rings is 2. The van der Waals surface area contributed by atoms with E-state index in [0.29, 0.717) is 17.9 Å². The van der Waals surface area contributed by atoms with Crippen LogP contribution in [0.4, 0.5) is 13.2 Å². The maximum Gasteiger partial charge on any atom is 0.416 e. The maximum atomic E-state index is 12.7. The molecule has 0 atom stereocenters. The van der Waals surface area contributed by atoms with Crippen LogP contribution >= 0.6 is 15.9 Å². The molecule has 0 radical (unpaired) electrons. The summed E-state index contributed by atoms with van der Waals surface area (Å²) in [4.78, 5) is 4.32. The second-order valence-corrected chi connectivity index (χ2v) is 6.19. The number of nitrogens with zero attached hydrogens (tertiary/aromatic N) is 2. The fourth-order valence-electron chi connectivity index (χ4n) is 2.55. The molecular formula is C18H14BrF3N2O. The molecule has 0 spiro atoms. The first-order chi connectivity index (χ1) is 11.9. The predicted molar refractivity (Wildman–Crippen MR) is 92.5 cm³/mol. The van der Waals surface area contributed by atoms with Gasteiger partial charge in [0.1, 0.15) is 16.2 Å². The Labute approximate surface area is 151 Å². The molecule has 0 amide bonds. The third kappa shape index (κ3) is 3.71. The number of imidazole rings is 1. The second kappa shape index (κ2) is 6.92. The zero-order chi connectivity index (χ0) is 18.0. The summed E-state index contributed by atoms with van der Waals surface area (Å²) in [7, 11) is 1.60. The molecule has 0 unspecified atom stereocenters. The Bertz CT molecular complexity index is 873. The quantitative estimate of drug-likeness (QED) is 0.576. The first-order valence-electron chi connectivity index (χ1n) is 7.40. The van der Waals surface area contributed by atoms with E-state index in [0.717, 1.165) is 28.0 Å². The predicted octanol–water partition coefficient (Wildman–Crippen LogP) is 5.39. The Kier molecular flexibility index (Phi) is 4.85. The van der Waals surface area contributed by atoms with Crippen molar-refractivity contribution in [3.8, 4) is 17.1 Å². The van der Waals surface area contributed by atoms with E-state index in [1.165, 1.54) is 12.1 Å². The molecule has 130 valence electrons. The normalized spacial score (nSPS) is 11.6. The highest BCUT2D eigenvalue weighted by Gasteiger charge is 2.30. The number of hydrogen-bond acceptors (Lipinski definition) is 2. The molecule has 0 aliphatic heterocycles. The lowest BCUT2D eigenvalue weighted by molar-refractivity contribution is -0.137. The highest BCUT2D eigenvalue weighted by Crippen LogP contribution is 2.32. The lowest BCUT2D eigenvalue weighted by Crippen LogP contribution is -2.06. The topological polar surface area (TPSA) is 27.1 Å². The summed E-state index contributed by atoms with van der Waals surface area (Å²) in [5.41, 5.74) is 0.864. The molecule has 3 nitrogen and oxygen atoms in total. The molecule has 0 N–H and O–H groups in total. The van der Waals surface area contributed by atoms with Crippen molar-refractivity contribution in [2.75, 3.05) is 7.11 Å². The summed E-state index contributed by atoms with van der Waals surface area (Å²) >= 11 is 3.44. The molecule has 0 fully saturated rings. The van der Waals surface area contributed by atoms with Gasteiger partial charge < -0.3 is 9.30 Å². The van der Waals surface area contributed by atoms with E-state index in [4.69, 9.17) is 4.74 Å². The lowest BCUT2D eigenvalue weighted by atomic mass is 10.1. The van der Waals surface area contributed by atoms with Crippen LogP contribution in [0.5, 0.6) is 5.75 Å². The molecule has 3 aromatic rings. The van der Waals surface area contributed by atoms with Gasteiger partial charge in [-0.15, -0.1) is 0 Å². The van der Waals surface area contributed by atoms with Crippen molar-refractivity contribution in [2.45, 2.75) is 12.7 Å². The molecule has 3 rings (SSSR count). The van der Waals surface area contributed by atoms with Gasteiger partial charge >= 0.3 is 6.18 Å². The van der Waals surface area contributed by atoms with Gasteiger partial charge in [0.05, 0.1) is 25.4 Å². The van der Waals surface area contributed by atoms with Crippen molar-refractivity contribution in [3.63, 3.8) is 0 Å². The van der Waals surface area contributed by atoms with Crippen molar-refractivity contribution in [1.82, 2.24) is 9.55 Å². The number of alkyl halides is 3. The number of methoxy groups -OCH3 is 1. The number of para-hydroxylation sites is 1. The van der Waals surface area contributed by atoms with E-state index in [2.05, 4.69) is 20.9 Å². The van der Waals surface area contributed by atoms with Gasteiger partial charge in [0.15, 0.2) is 0 Å². The van der Waals surface area contributed by atoms with Crippen molar-refractivity contribution < 1.29 is 17.9 Å². The number of halogens is 4. The maximum absolute atomic E-state index is 12.7. The Hall–Kier alpha value is -2.28.